The topological polar surface area (TPSA) is 38.1 Å². The number of aromatic nitrogens is 1. The molecule has 5 heteroatoms. The average Bonchev–Trinajstić information content (AvgIpc) is 2.97. The van der Waals surface area contributed by atoms with Gasteiger partial charge in [0, 0.05) is 6.42 Å². The summed E-state index contributed by atoms with van der Waals surface area (Å²) in [6.07, 6.45) is 3.65. The number of rotatable bonds is 7. The van der Waals surface area contributed by atoms with Crippen molar-refractivity contribution in [2.75, 3.05) is 13.1 Å². The van der Waals surface area contributed by atoms with Gasteiger partial charge in [0.15, 0.2) is 11.7 Å². The Morgan fingerprint density at radius 3 is 3.00 bits per heavy atom. The largest absolute Gasteiger partial charge is 0.440 e. The molecule has 1 N–H and O–H groups in total. The smallest absolute Gasteiger partial charge is 0.194 e. The molecule has 2 rings (SSSR count). The van der Waals surface area contributed by atoms with Gasteiger partial charge < -0.3 is 9.73 Å². The quantitative estimate of drug-likeness (QED) is 0.777. The van der Waals surface area contributed by atoms with Crippen LogP contribution in [0.2, 0.25) is 5.02 Å². The van der Waals surface area contributed by atoms with Gasteiger partial charge in [-0.15, -0.1) is 11.3 Å². The Morgan fingerprint density at radius 1 is 1.47 bits per heavy atom. The van der Waals surface area contributed by atoms with E-state index >= 15 is 0 Å². The predicted molar refractivity (Wildman–Crippen MR) is 80.9 cm³/mol. The van der Waals surface area contributed by atoms with Crippen LogP contribution in [0.3, 0.4) is 0 Å². The monoisotopic (exact) mass is 298 g/mol. The van der Waals surface area contributed by atoms with Crippen molar-refractivity contribution in [3.63, 3.8) is 0 Å². The molecule has 0 radical (unpaired) electrons. The molecular weight excluding hydrogens is 280 g/mol. The Bertz CT molecular complexity index is 507. The van der Waals surface area contributed by atoms with Gasteiger partial charge >= 0.3 is 0 Å². The third-order valence-corrected chi connectivity index (χ3v) is 4.05. The number of aryl methyl sites for hydroxylation is 1. The molecule has 2 heterocycles. The van der Waals surface area contributed by atoms with E-state index in [0.29, 0.717) is 5.92 Å². The summed E-state index contributed by atoms with van der Waals surface area (Å²) in [6.45, 7) is 6.47. The highest BCUT2D eigenvalue weighted by Gasteiger charge is 2.10. The van der Waals surface area contributed by atoms with E-state index in [2.05, 4.69) is 24.1 Å². The average molecular weight is 299 g/mol. The van der Waals surface area contributed by atoms with Crippen molar-refractivity contribution in [3.05, 3.63) is 28.6 Å². The third kappa shape index (κ3) is 4.34. The third-order valence-electron chi connectivity index (χ3n) is 2.69. The molecule has 0 bridgehead atoms. The molecule has 104 valence electrons. The number of nitrogens with one attached hydrogen (secondary N) is 1. The Labute approximate surface area is 123 Å². The van der Waals surface area contributed by atoms with E-state index in [1.165, 1.54) is 0 Å². The Balaban J connectivity index is 1.80. The maximum absolute atomic E-state index is 6.07. The predicted octanol–water partition coefficient (Wildman–Crippen LogP) is 4.23. The number of hydrogen-bond acceptors (Lipinski definition) is 4. The highest BCUT2D eigenvalue weighted by Crippen LogP contribution is 2.33. The molecule has 0 saturated heterocycles. The molecule has 0 spiro atoms. The maximum Gasteiger partial charge on any atom is 0.194 e. The van der Waals surface area contributed by atoms with Crippen molar-refractivity contribution in [1.82, 2.24) is 10.3 Å². The lowest BCUT2D eigenvalue weighted by Gasteiger charge is -2.05. The van der Waals surface area contributed by atoms with Gasteiger partial charge in [-0.25, -0.2) is 4.98 Å². The molecule has 0 fully saturated rings. The van der Waals surface area contributed by atoms with Gasteiger partial charge in [-0.3, -0.25) is 0 Å². The van der Waals surface area contributed by atoms with Gasteiger partial charge in [0.25, 0.3) is 0 Å². The molecule has 0 saturated carbocycles. The number of thiophene rings is 1. The normalized spacial score (nSPS) is 11.4. The van der Waals surface area contributed by atoms with Gasteiger partial charge in [0.2, 0.25) is 0 Å². The summed E-state index contributed by atoms with van der Waals surface area (Å²) in [4.78, 5) is 5.26. The standard InChI is InChI=1S/C14H19ClN2OS/c1-10(2)8-16-6-3-4-13-17-9-12(18-13)14-11(15)5-7-19-14/h5,7,9-10,16H,3-4,6,8H2,1-2H3. The molecule has 0 aromatic carbocycles. The molecule has 0 aliphatic rings. The summed E-state index contributed by atoms with van der Waals surface area (Å²) < 4.78 is 5.72. The Hall–Kier alpha value is -0.840. The number of halogens is 1. The van der Waals surface area contributed by atoms with E-state index in [-0.39, 0.29) is 0 Å². The fourth-order valence-electron chi connectivity index (χ4n) is 1.76. The highest BCUT2D eigenvalue weighted by molar-refractivity contribution is 7.14. The van der Waals surface area contributed by atoms with Gasteiger partial charge in [0.05, 0.1) is 16.1 Å². The van der Waals surface area contributed by atoms with Crippen LogP contribution in [0.25, 0.3) is 10.6 Å². The second-order valence-electron chi connectivity index (χ2n) is 4.92. The zero-order valence-corrected chi connectivity index (χ0v) is 12.9. The molecule has 0 atom stereocenters. The molecule has 0 aliphatic carbocycles. The van der Waals surface area contributed by atoms with Crippen molar-refractivity contribution < 1.29 is 4.42 Å². The zero-order chi connectivity index (χ0) is 13.7. The second-order valence-corrected chi connectivity index (χ2v) is 6.24. The van der Waals surface area contributed by atoms with Crippen LogP contribution >= 0.6 is 22.9 Å². The number of nitrogens with zero attached hydrogens (tertiary/aromatic N) is 1. The van der Waals surface area contributed by atoms with E-state index in [1.807, 2.05) is 11.4 Å². The Kier molecular flexibility index (Phi) is 5.43. The second kappa shape index (κ2) is 7.08. The van der Waals surface area contributed by atoms with Crippen LogP contribution in [0.15, 0.2) is 22.1 Å². The van der Waals surface area contributed by atoms with Crippen molar-refractivity contribution in [2.24, 2.45) is 5.92 Å². The minimum atomic E-state index is 0.689. The summed E-state index contributed by atoms with van der Waals surface area (Å²) in [7, 11) is 0. The first-order chi connectivity index (χ1) is 9.16. The first kappa shape index (κ1) is 14.6. The summed E-state index contributed by atoms with van der Waals surface area (Å²) in [6, 6.07) is 1.87. The zero-order valence-electron chi connectivity index (χ0n) is 11.3. The Morgan fingerprint density at radius 2 is 2.32 bits per heavy atom. The molecular formula is C14H19ClN2OS. The van der Waals surface area contributed by atoms with E-state index < -0.39 is 0 Å². The molecule has 19 heavy (non-hydrogen) atoms. The lowest BCUT2D eigenvalue weighted by molar-refractivity contribution is 0.484. The molecule has 2 aromatic rings. The molecule has 0 aliphatic heterocycles. The highest BCUT2D eigenvalue weighted by atomic mass is 35.5. The molecule has 0 unspecified atom stereocenters. The number of hydrogen-bond donors (Lipinski definition) is 1. The summed E-state index contributed by atoms with van der Waals surface area (Å²) in [5.74, 6) is 2.24. The van der Waals surface area contributed by atoms with Crippen LogP contribution in [-0.2, 0) is 6.42 Å². The van der Waals surface area contributed by atoms with Gasteiger partial charge in [0.1, 0.15) is 0 Å². The van der Waals surface area contributed by atoms with Crippen LogP contribution in [-0.4, -0.2) is 18.1 Å². The summed E-state index contributed by atoms with van der Waals surface area (Å²) in [5.41, 5.74) is 0. The number of oxazole rings is 1. The van der Waals surface area contributed by atoms with E-state index in [4.69, 9.17) is 16.0 Å². The van der Waals surface area contributed by atoms with Crippen molar-refractivity contribution in [2.45, 2.75) is 26.7 Å². The first-order valence-electron chi connectivity index (χ1n) is 6.55. The van der Waals surface area contributed by atoms with Crippen LogP contribution in [0.1, 0.15) is 26.2 Å². The fraction of sp³-hybridized carbons (Fsp3) is 0.500. The maximum atomic E-state index is 6.07. The first-order valence-corrected chi connectivity index (χ1v) is 7.81. The van der Waals surface area contributed by atoms with E-state index in [1.54, 1.807) is 17.5 Å². The molecule has 3 nitrogen and oxygen atoms in total. The molecule has 0 amide bonds. The van der Waals surface area contributed by atoms with Crippen LogP contribution in [0.5, 0.6) is 0 Å². The summed E-state index contributed by atoms with van der Waals surface area (Å²) >= 11 is 7.64. The van der Waals surface area contributed by atoms with Crippen molar-refractivity contribution in [3.8, 4) is 10.6 Å². The molecule has 2 aromatic heterocycles. The SMILES string of the molecule is CC(C)CNCCCc1ncc(-c2sccc2Cl)o1. The minimum absolute atomic E-state index is 0.689. The van der Waals surface area contributed by atoms with E-state index in [9.17, 15) is 0 Å². The van der Waals surface area contributed by atoms with Gasteiger partial charge in [-0.05, 0) is 36.9 Å². The van der Waals surface area contributed by atoms with Gasteiger partial charge in [-0.1, -0.05) is 25.4 Å². The summed E-state index contributed by atoms with van der Waals surface area (Å²) in [5, 5.41) is 6.09. The van der Waals surface area contributed by atoms with Crippen LogP contribution in [0.4, 0.5) is 0 Å². The van der Waals surface area contributed by atoms with Crippen LogP contribution in [0, 0.1) is 5.92 Å². The minimum Gasteiger partial charge on any atom is -0.440 e. The van der Waals surface area contributed by atoms with E-state index in [0.717, 1.165) is 47.5 Å². The van der Waals surface area contributed by atoms with Crippen LogP contribution < -0.4 is 5.32 Å². The lowest BCUT2D eigenvalue weighted by Crippen LogP contribution is -2.21. The fourth-order valence-corrected chi connectivity index (χ4v) is 2.85. The van der Waals surface area contributed by atoms with Crippen molar-refractivity contribution >= 4 is 22.9 Å². The van der Waals surface area contributed by atoms with Gasteiger partial charge in [-0.2, -0.15) is 0 Å². The van der Waals surface area contributed by atoms with Crippen molar-refractivity contribution in [1.29, 1.82) is 0 Å². The lowest BCUT2D eigenvalue weighted by atomic mass is 10.2.